The Balaban J connectivity index is 1.90. The first-order valence-electron chi connectivity index (χ1n) is 8.26. The summed E-state index contributed by atoms with van der Waals surface area (Å²) in [4.78, 5) is 2.66. The van der Waals surface area contributed by atoms with Crippen LogP contribution in [0.15, 0.2) is 0 Å². The fourth-order valence-electron chi connectivity index (χ4n) is 4.00. The Kier molecular flexibility index (Phi) is 5.67. The molecule has 19 heavy (non-hydrogen) atoms. The molecule has 0 aliphatic carbocycles. The van der Waals surface area contributed by atoms with Crippen LogP contribution in [0.1, 0.15) is 52.4 Å². The molecule has 0 saturated carbocycles. The highest BCUT2D eigenvalue weighted by atomic mass is 16.5. The summed E-state index contributed by atoms with van der Waals surface area (Å²) in [6.45, 7) is 9.84. The molecular weight excluding hydrogens is 236 g/mol. The number of likely N-dealkylation sites (tertiary alicyclic amines) is 1. The second-order valence-corrected chi connectivity index (χ2v) is 6.52. The number of hydrogen-bond donors (Lipinski definition) is 1. The topological polar surface area (TPSA) is 38.5 Å². The Morgan fingerprint density at radius 1 is 1.26 bits per heavy atom. The van der Waals surface area contributed by atoms with Crippen molar-refractivity contribution in [1.82, 2.24) is 4.90 Å². The Labute approximate surface area is 118 Å². The van der Waals surface area contributed by atoms with Crippen LogP contribution in [0.4, 0.5) is 0 Å². The van der Waals surface area contributed by atoms with Gasteiger partial charge in [-0.25, -0.2) is 0 Å². The van der Waals surface area contributed by atoms with Crippen LogP contribution in [0.5, 0.6) is 0 Å². The van der Waals surface area contributed by atoms with Crippen LogP contribution < -0.4 is 5.73 Å². The molecule has 3 nitrogen and oxygen atoms in total. The number of ether oxygens (including phenoxy) is 1. The molecule has 2 heterocycles. The molecule has 0 radical (unpaired) electrons. The highest BCUT2D eigenvalue weighted by Crippen LogP contribution is 2.39. The summed E-state index contributed by atoms with van der Waals surface area (Å²) in [5, 5.41) is 0. The van der Waals surface area contributed by atoms with Crippen LogP contribution in [0.25, 0.3) is 0 Å². The quantitative estimate of drug-likeness (QED) is 0.833. The largest absolute Gasteiger partial charge is 0.381 e. The number of piperidine rings is 1. The standard InChI is InChI=1S/C16H32N2O/c1-3-16(4-2)7-9-18(10-8-16)15(12-17)14-6-5-11-19-13-14/h14-15H,3-13,17H2,1-2H3. The lowest BCUT2D eigenvalue weighted by atomic mass is 9.73. The van der Waals surface area contributed by atoms with Gasteiger partial charge in [0, 0.05) is 19.2 Å². The second kappa shape index (κ2) is 7.05. The van der Waals surface area contributed by atoms with Crippen molar-refractivity contribution >= 4 is 0 Å². The van der Waals surface area contributed by atoms with E-state index in [1.54, 1.807) is 0 Å². The molecule has 112 valence electrons. The van der Waals surface area contributed by atoms with Gasteiger partial charge in [-0.1, -0.05) is 26.7 Å². The zero-order valence-corrected chi connectivity index (χ0v) is 12.9. The van der Waals surface area contributed by atoms with Crippen molar-refractivity contribution in [3.05, 3.63) is 0 Å². The van der Waals surface area contributed by atoms with Crippen molar-refractivity contribution in [2.45, 2.75) is 58.4 Å². The lowest BCUT2D eigenvalue weighted by Gasteiger charge is -2.46. The van der Waals surface area contributed by atoms with E-state index in [9.17, 15) is 0 Å². The molecule has 2 aliphatic heterocycles. The third-order valence-corrected chi connectivity index (χ3v) is 5.81. The molecule has 2 rings (SSSR count). The summed E-state index contributed by atoms with van der Waals surface area (Å²) in [5.41, 5.74) is 6.68. The van der Waals surface area contributed by atoms with E-state index in [-0.39, 0.29) is 0 Å². The summed E-state index contributed by atoms with van der Waals surface area (Å²) in [5.74, 6) is 0.662. The first-order chi connectivity index (χ1) is 9.24. The summed E-state index contributed by atoms with van der Waals surface area (Å²) < 4.78 is 5.66. The second-order valence-electron chi connectivity index (χ2n) is 6.52. The zero-order chi connectivity index (χ0) is 13.7. The average Bonchev–Trinajstić information content (AvgIpc) is 2.50. The van der Waals surface area contributed by atoms with Crippen LogP contribution in [0.2, 0.25) is 0 Å². The first kappa shape index (κ1) is 15.3. The van der Waals surface area contributed by atoms with Crippen LogP contribution in [-0.4, -0.2) is 43.8 Å². The van der Waals surface area contributed by atoms with Gasteiger partial charge in [0.2, 0.25) is 0 Å². The molecule has 3 heteroatoms. The molecule has 0 amide bonds. The minimum absolute atomic E-state index is 0.548. The van der Waals surface area contributed by atoms with E-state index in [1.165, 1.54) is 51.6 Å². The minimum Gasteiger partial charge on any atom is -0.381 e. The molecule has 2 saturated heterocycles. The number of nitrogens with zero attached hydrogens (tertiary/aromatic N) is 1. The van der Waals surface area contributed by atoms with Crippen LogP contribution in [0, 0.1) is 11.3 Å². The van der Waals surface area contributed by atoms with Crippen molar-refractivity contribution in [2.75, 3.05) is 32.8 Å². The van der Waals surface area contributed by atoms with Crippen molar-refractivity contribution < 1.29 is 4.74 Å². The van der Waals surface area contributed by atoms with Crippen LogP contribution >= 0.6 is 0 Å². The van der Waals surface area contributed by atoms with E-state index in [0.29, 0.717) is 17.4 Å². The van der Waals surface area contributed by atoms with Gasteiger partial charge in [0.05, 0.1) is 6.61 Å². The Hall–Kier alpha value is -0.120. The fourth-order valence-corrected chi connectivity index (χ4v) is 4.00. The van der Waals surface area contributed by atoms with Crippen molar-refractivity contribution in [3.63, 3.8) is 0 Å². The fraction of sp³-hybridized carbons (Fsp3) is 1.00. The maximum Gasteiger partial charge on any atom is 0.0509 e. The van der Waals surface area contributed by atoms with Gasteiger partial charge in [-0.15, -0.1) is 0 Å². The van der Waals surface area contributed by atoms with Crippen LogP contribution in [0.3, 0.4) is 0 Å². The van der Waals surface area contributed by atoms with E-state index < -0.39 is 0 Å². The molecule has 0 bridgehead atoms. The summed E-state index contributed by atoms with van der Waals surface area (Å²) >= 11 is 0. The molecule has 0 aromatic carbocycles. The highest BCUT2D eigenvalue weighted by Gasteiger charge is 2.36. The molecule has 0 aromatic heterocycles. The lowest BCUT2D eigenvalue weighted by Crippen LogP contribution is -2.52. The SMILES string of the molecule is CCC1(CC)CCN(C(CN)C2CCCOC2)CC1. The predicted molar refractivity (Wildman–Crippen MR) is 80.2 cm³/mol. The number of nitrogens with two attached hydrogens (primary N) is 1. The van der Waals surface area contributed by atoms with E-state index in [1.807, 2.05) is 0 Å². The Morgan fingerprint density at radius 2 is 1.95 bits per heavy atom. The number of rotatable bonds is 5. The van der Waals surface area contributed by atoms with Gasteiger partial charge < -0.3 is 10.5 Å². The monoisotopic (exact) mass is 268 g/mol. The molecule has 2 aliphatic rings. The zero-order valence-electron chi connectivity index (χ0n) is 12.9. The van der Waals surface area contributed by atoms with Gasteiger partial charge in [0.1, 0.15) is 0 Å². The predicted octanol–water partition coefficient (Wildman–Crippen LogP) is 2.64. The van der Waals surface area contributed by atoms with E-state index >= 15 is 0 Å². The summed E-state index contributed by atoms with van der Waals surface area (Å²) in [6.07, 6.45) is 7.87. The lowest BCUT2D eigenvalue weighted by molar-refractivity contribution is -0.00983. The molecule has 2 N–H and O–H groups in total. The normalized spacial score (nSPS) is 30.2. The first-order valence-corrected chi connectivity index (χ1v) is 8.26. The minimum atomic E-state index is 0.548. The molecule has 0 spiro atoms. The van der Waals surface area contributed by atoms with E-state index in [0.717, 1.165) is 19.8 Å². The average molecular weight is 268 g/mol. The van der Waals surface area contributed by atoms with Gasteiger partial charge in [-0.2, -0.15) is 0 Å². The maximum atomic E-state index is 6.07. The van der Waals surface area contributed by atoms with Gasteiger partial charge in [-0.05, 0) is 50.1 Å². The summed E-state index contributed by atoms with van der Waals surface area (Å²) in [7, 11) is 0. The third kappa shape index (κ3) is 3.50. The van der Waals surface area contributed by atoms with Crippen LogP contribution in [-0.2, 0) is 4.74 Å². The van der Waals surface area contributed by atoms with Crippen molar-refractivity contribution in [1.29, 1.82) is 0 Å². The molecule has 0 aromatic rings. The number of hydrogen-bond acceptors (Lipinski definition) is 3. The molecular formula is C16H32N2O. The maximum absolute atomic E-state index is 6.07. The highest BCUT2D eigenvalue weighted by molar-refractivity contribution is 4.89. The Bertz CT molecular complexity index is 249. The van der Waals surface area contributed by atoms with E-state index in [4.69, 9.17) is 10.5 Å². The van der Waals surface area contributed by atoms with Gasteiger partial charge in [0.25, 0.3) is 0 Å². The summed E-state index contributed by atoms with van der Waals surface area (Å²) in [6, 6.07) is 0.548. The Morgan fingerprint density at radius 3 is 2.42 bits per heavy atom. The molecule has 2 fully saturated rings. The van der Waals surface area contributed by atoms with E-state index in [2.05, 4.69) is 18.7 Å². The molecule has 2 atom stereocenters. The van der Waals surface area contributed by atoms with Crippen molar-refractivity contribution in [3.8, 4) is 0 Å². The van der Waals surface area contributed by atoms with Gasteiger partial charge >= 0.3 is 0 Å². The van der Waals surface area contributed by atoms with Gasteiger partial charge in [-0.3, -0.25) is 4.90 Å². The molecule has 2 unspecified atom stereocenters. The van der Waals surface area contributed by atoms with Gasteiger partial charge in [0.15, 0.2) is 0 Å². The van der Waals surface area contributed by atoms with Crippen molar-refractivity contribution in [2.24, 2.45) is 17.1 Å². The smallest absolute Gasteiger partial charge is 0.0509 e. The third-order valence-electron chi connectivity index (χ3n) is 5.81.